The summed E-state index contributed by atoms with van der Waals surface area (Å²) in [5.41, 5.74) is 0. The molecule has 4 nitrogen and oxygen atoms in total. The van der Waals surface area contributed by atoms with Gasteiger partial charge in [-0.1, -0.05) is 211 Å². The third kappa shape index (κ3) is 37.9. The van der Waals surface area contributed by atoms with E-state index in [-0.39, 0.29) is 12.5 Å². The van der Waals surface area contributed by atoms with Crippen molar-refractivity contribution in [1.29, 1.82) is 0 Å². The van der Waals surface area contributed by atoms with E-state index in [2.05, 4.69) is 43.5 Å². The Hall–Kier alpha value is -1.39. The molecular formula is C46H87NO3. The van der Waals surface area contributed by atoms with Gasteiger partial charge in [-0.3, -0.25) is 4.79 Å². The molecule has 0 aliphatic carbocycles. The summed E-state index contributed by atoms with van der Waals surface area (Å²) in [6.07, 6.45) is 56.0. The maximum atomic E-state index is 12.2. The van der Waals surface area contributed by atoms with Crippen LogP contribution < -0.4 is 5.32 Å². The number of allylic oxidation sites excluding steroid dienone is 5. The molecule has 0 fully saturated rings. The van der Waals surface area contributed by atoms with E-state index in [1.807, 2.05) is 6.08 Å². The lowest BCUT2D eigenvalue weighted by Crippen LogP contribution is -2.45. The van der Waals surface area contributed by atoms with Gasteiger partial charge in [-0.2, -0.15) is 0 Å². The molecule has 0 radical (unpaired) electrons. The van der Waals surface area contributed by atoms with Crippen LogP contribution in [0.2, 0.25) is 0 Å². The lowest BCUT2D eigenvalue weighted by molar-refractivity contribution is -0.123. The summed E-state index contributed by atoms with van der Waals surface area (Å²) >= 11 is 0. The van der Waals surface area contributed by atoms with Gasteiger partial charge in [0.15, 0.2) is 0 Å². The first-order valence-electron chi connectivity index (χ1n) is 22.2. The first-order chi connectivity index (χ1) is 24.7. The van der Waals surface area contributed by atoms with Crippen LogP contribution in [0.4, 0.5) is 0 Å². The molecule has 0 aromatic rings. The zero-order valence-electron chi connectivity index (χ0n) is 33.7. The molecule has 0 bridgehead atoms. The minimum Gasteiger partial charge on any atom is -0.394 e. The molecule has 2 unspecified atom stereocenters. The second-order valence-electron chi connectivity index (χ2n) is 15.1. The Labute approximate surface area is 312 Å². The average Bonchev–Trinajstić information content (AvgIpc) is 3.12. The summed E-state index contributed by atoms with van der Waals surface area (Å²) in [5, 5.41) is 22.6. The SMILES string of the molecule is CCCCC/C=C/C(O)C(CO)NC(=O)CCCCCCCCCCCCCCCCCCCCCCC/C=C\C/C=C\CCCCCCC. The average molecular weight is 702 g/mol. The summed E-state index contributed by atoms with van der Waals surface area (Å²) in [4.78, 5) is 12.2. The molecule has 0 aliphatic heterocycles. The van der Waals surface area contributed by atoms with Crippen molar-refractivity contribution in [3.63, 3.8) is 0 Å². The smallest absolute Gasteiger partial charge is 0.220 e. The van der Waals surface area contributed by atoms with Crippen molar-refractivity contribution in [1.82, 2.24) is 5.32 Å². The zero-order chi connectivity index (χ0) is 36.4. The van der Waals surface area contributed by atoms with Gasteiger partial charge in [0.1, 0.15) is 0 Å². The summed E-state index contributed by atoms with van der Waals surface area (Å²) in [6, 6.07) is -0.615. The van der Waals surface area contributed by atoms with Crippen molar-refractivity contribution >= 4 is 5.91 Å². The van der Waals surface area contributed by atoms with Crippen LogP contribution in [-0.4, -0.2) is 34.9 Å². The standard InChI is InChI=1S/C46H87NO3/c1-3-5-7-9-10-11-12-13-14-15-16-17-18-19-20-21-22-23-24-25-26-27-28-29-30-31-32-33-34-35-36-38-40-42-46(50)47-44(43-48)45(49)41-39-37-8-6-4-2/h12-13,15-16,39,41,44-45,48-49H,3-11,14,17-38,40,42-43H2,1-2H3,(H,47,50)/b13-12-,16-15-,41-39+. The molecule has 0 heterocycles. The van der Waals surface area contributed by atoms with Gasteiger partial charge in [0.2, 0.25) is 5.91 Å². The molecule has 3 N–H and O–H groups in total. The Bertz CT molecular complexity index is 760. The van der Waals surface area contributed by atoms with Crippen molar-refractivity contribution in [2.24, 2.45) is 0 Å². The van der Waals surface area contributed by atoms with Gasteiger partial charge in [-0.25, -0.2) is 0 Å². The monoisotopic (exact) mass is 702 g/mol. The fourth-order valence-corrected chi connectivity index (χ4v) is 6.68. The molecule has 50 heavy (non-hydrogen) atoms. The largest absolute Gasteiger partial charge is 0.394 e. The number of nitrogens with one attached hydrogen (secondary N) is 1. The predicted octanol–water partition coefficient (Wildman–Crippen LogP) is 13.8. The third-order valence-corrected chi connectivity index (χ3v) is 10.1. The number of aliphatic hydroxyl groups excluding tert-OH is 2. The highest BCUT2D eigenvalue weighted by molar-refractivity contribution is 5.76. The highest BCUT2D eigenvalue weighted by Gasteiger charge is 2.17. The molecule has 0 rings (SSSR count). The Morgan fingerprint density at radius 1 is 0.480 bits per heavy atom. The van der Waals surface area contributed by atoms with Crippen molar-refractivity contribution in [2.75, 3.05) is 6.61 Å². The van der Waals surface area contributed by atoms with Gasteiger partial charge in [-0.15, -0.1) is 0 Å². The zero-order valence-corrected chi connectivity index (χ0v) is 33.7. The second-order valence-corrected chi connectivity index (χ2v) is 15.1. The van der Waals surface area contributed by atoms with E-state index in [1.54, 1.807) is 6.08 Å². The molecule has 294 valence electrons. The predicted molar refractivity (Wildman–Crippen MR) is 221 cm³/mol. The van der Waals surface area contributed by atoms with Gasteiger partial charge in [0.05, 0.1) is 18.8 Å². The Balaban J connectivity index is 3.34. The Morgan fingerprint density at radius 2 is 0.820 bits per heavy atom. The van der Waals surface area contributed by atoms with E-state index in [0.717, 1.165) is 32.1 Å². The van der Waals surface area contributed by atoms with Crippen molar-refractivity contribution < 1.29 is 15.0 Å². The van der Waals surface area contributed by atoms with Crippen LogP contribution in [0, 0.1) is 0 Å². The number of hydrogen-bond acceptors (Lipinski definition) is 3. The summed E-state index contributed by atoms with van der Waals surface area (Å²) in [6.45, 7) is 4.20. The molecular weight excluding hydrogens is 615 g/mol. The molecule has 4 heteroatoms. The number of rotatable bonds is 40. The molecule has 0 aromatic carbocycles. The van der Waals surface area contributed by atoms with Gasteiger partial charge in [0.25, 0.3) is 0 Å². The van der Waals surface area contributed by atoms with Crippen molar-refractivity contribution in [2.45, 2.75) is 244 Å². The third-order valence-electron chi connectivity index (χ3n) is 10.1. The maximum absolute atomic E-state index is 12.2. The topological polar surface area (TPSA) is 69.6 Å². The van der Waals surface area contributed by atoms with Crippen LogP contribution in [0.5, 0.6) is 0 Å². The normalized spacial score (nSPS) is 13.3. The molecule has 0 aliphatic rings. The van der Waals surface area contributed by atoms with Gasteiger partial charge >= 0.3 is 0 Å². The fourth-order valence-electron chi connectivity index (χ4n) is 6.68. The molecule has 2 atom stereocenters. The van der Waals surface area contributed by atoms with E-state index >= 15 is 0 Å². The summed E-state index contributed by atoms with van der Waals surface area (Å²) in [7, 11) is 0. The van der Waals surface area contributed by atoms with Crippen LogP contribution >= 0.6 is 0 Å². The quantitative estimate of drug-likeness (QED) is 0.0440. The Kier molecular flexibility index (Phi) is 40.9. The number of hydrogen-bond donors (Lipinski definition) is 3. The van der Waals surface area contributed by atoms with E-state index in [1.165, 1.54) is 180 Å². The summed E-state index contributed by atoms with van der Waals surface area (Å²) < 4.78 is 0. The van der Waals surface area contributed by atoms with Crippen LogP contribution in [0.15, 0.2) is 36.5 Å². The molecule has 0 spiro atoms. The van der Waals surface area contributed by atoms with E-state index < -0.39 is 12.1 Å². The van der Waals surface area contributed by atoms with Gasteiger partial charge in [0, 0.05) is 6.42 Å². The van der Waals surface area contributed by atoms with Crippen LogP contribution in [0.3, 0.4) is 0 Å². The number of aliphatic hydroxyl groups is 2. The number of carbonyl (C=O) groups is 1. The Morgan fingerprint density at radius 3 is 1.24 bits per heavy atom. The van der Waals surface area contributed by atoms with Crippen LogP contribution in [-0.2, 0) is 4.79 Å². The van der Waals surface area contributed by atoms with E-state index in [9.17, 15) is 15.0 Å². The van der Waals surface area contributed by atoms with Crippen molar-refractivity contribution in [3.8, 4) is 0 Å². The number of unbranched alkanes of at least 4 members (excludes halogenated alkanes) is 29. The molecule has 1 amide bonds. The number of carbonyl (C=O) groups excluding carboxylic acids is 1. The van der Waals surface area contributed by atoms with Crippen molar-refractivity contribution in [3.05, 3.63) is 36.5 Å². The maximum Gasteiger partial charge on any atom is 0.220 e. The minimum atomic E-state index is -0.832. The lowest BCUT2D eigenvalue weighted by Gasteiger charge is -2.20. The summed E-state index contributed by atoms with van der Waals surface area (Å²) in [5.74, 6) is -0.0692. The fraction of sp³-hybridized carbons (Fsp3) is 0.848. The van der Waals surface area contributed by atoms with Gasteiger partial charge < -0.3 is 15.5 Å². The first-order valence-corrected chi connectivity index (χ1v) is 22.2. The second kappa shape index (κ2) is 42.0. The number of amides is 1. The molecule has 0 saturated heterocycles. The van der Waals surface area contributed by atoms with E-state index in [4.69, 9.17) is 0 Å². The lowest BCUT2D eigenvalue weighted by atomic mass is 10.0. The molecule has 0 aromatic heterocycles. The molecule has 0 saturated carbocycles. The highest BCUT2D eigenvalue weighted by atomic mass is 16.3. The van der Waals surface area contributed by atoms with Gasteiger partial charge in [-0.05, 0) is 51.4 Å². The first kappa shape index (κ1) is 48.6. The van der Waals surface area contributed by atoms with Crippen LogP contribution in [0.1, 0.15) is 232 Å². The highest BCUT2D eigenvalue weighted by Crippen LogP contribution is 2.16. The van der Waals surface area contributed by atoms with E-state index in [0.29, 0.717) is 6.42 Å². The van der Waals surface area contributed by atoms with Crippen LogP contribution in [0.25, 0.3) is 0 Å². The minimum absolute atomic E-state index is 0.0692.